The third-order valence-corrected chi connectivity index (χ3v) is 2.02. The quantitative estimate of drug-likeness (QED) is 0.332. The summed E-state index contributed by atoms with van der Waals surface area (Å²) in [5, 5.41) is 2.01. The van der Waals surface area contributed by atoms with Crippen LogP contribution in [0.3, 0.4) is 0 Å². The summed E-state index contributed by atoms with van der Waals surface area (Å²) in [5.74, 6) is 0. The Morgan fingerprint density at radius 3 is 2.83 bits per heavy atom. The molecular formula is C3H4BrNS. The summed E-state index contributed by atoms with van der Waals surface area (Å²) in [6.45, 7) is 0. The van der Waals surface area contributed by atoms with E-state index in [0.29, 0.717) is 4.95 Å². The number of hydrogen-bond donors (Lipinski definition) is 1. The van der Waals surface area contributed by atoms with Gasteiger partial charge in [-0.15, -0.1) is 0 Å². The van der Waals surface area contributed by atoms with Crippen LogP contribution in [0.25, 0.3) is 0 Å². The minimum atomic E-state index is 0.391. The minimum absolute atomic E-state index is 0.391. The van der Waals surface area contributed by atoms with Crippen molar-refractivity contribution >= 4 is 27.9 Å². The molecule has 1 atom stereocenters. The molecule has 1 aliphatic heterocycles. The van der Waals surface area contributed by atoms with Crippen molar-refractivity contribution in [2.45, 2.75) is 4.95 Å². The van der Waals surface area contributed by atoms with E-state index in [-0.39, 0.29) is 0 Å². The summed E-state index contributed by atoms with van der Waals surface area (Å²) >= 11 is 4.92. The Balaban J connectivity index is 2.38. The molecule has 1 heterocycles. The van der Waals surface area contributed by atoms with E-state index < -0.39 is 0 Å². The lowest BCUT2D eigenvalue weighted by Crippen LogP contribution is -2.04. The van der Waals surface area contributed by atoms with Gasteiger partial charge >= 0.3 is 0 Å². The fourth-order valence-corrected chi connectivity index (χ4v) is 1.45. The van der Waals surface area contributed by atoms with Crippen LogP contribution in [0.1, 0.15) is 0 Å². The summed E-state index contributed by atoms with van der Waals surface area (Å²) in [6, 6.07) is 0. The van der Waals surface area contributed by atoms with E-state index in [1.165, 1.54) is 0 Å². The van der Waals surface area contributed by atoms with Gasteiger partial charge in [0.2, 0.25) is 0 Å². The average molecular weight is 166 g/mol. The van der Waals surface area contributed by atoms with Gasteiger partial charge in [-0.1, -0.05) is 27.9 Å². The number of nitrogens with one attached hydrogen (secondary N) is 1. The van der Waals surface area contributed by atoms with Crippen molar-refractivity contribution in [3.63, 3.8) is 0 Å². The third kappa shape index (κ3) is 0.996. The number of halogens is 1. The Kier molecular flexibility index (Phi) is 1.56. The van der Waals surface area contributed by atoms with Gasteiger partial charge in [0.25, 0.3) is 0 Å². The highest BCUT2D eigenvalue weighted by atomic mass is 79.9. The van der Waals surface area contributed by atoms with E-state index in [2.05, 4.69) is 20.7 Å². The molecule has 0 amide bonds. The van der Waals surface area contributed by atoms with Gasteiger partial charge in [0.15, 0.2) is 0 Å². The zero-order chi connectivity index (χ0) is 4.41. The second-order valence-electron chi connectivity index (χ2n) is 0.966. The van der Waals surface area contributed by atoms with Crippen molar-refractivity contribution in [2.75, 3.05) is 0 Å². The summed E-state index contributed by atoms with van der Waals surface area (Å²) in [4.78, 5) is 0.391. The van der Waals surface area contributed by atoms with Crippen LogP contribution in [-0.4, -0.2) is 4.95 Å². The molecular weight excluding hydrogens is 162 g/mol. The van der Waals surface area contributed by atoms with Crippen molar-refractivity contribution in [1.82, 2.24) is 4.72 Å². The van der Waals surface area contributed by atoms with Crippen LogP contribution >= 0.6 is 27.9 Å². The Bertz CT molecular complexity index is 73.2. The molecule has 34 valence electrons. The first-order valence-corrected chi connectivity index (χ1v) is 3.41. The molecule has 0 spiro atoms. The number of alkyl halides is 1. The maximum atomic E-state index is 3.32. The zero-order valence-corrected chi connectivity index (χ0v) is 5.42. The SMILES string of the molecule is BrC1C=CSN1. The molecule has 0 aromatic heterocycles. The molecule has 1 nitrogen and oxygen atoms in total. The third-order valence-electron chi connectivity index (χ3n) is 0.496. The summed E-state index contributed by atoms with van der Waals surface area (Å²) < 4.78 is 3.04. The topological polar surface area (TPSA) is 12.0 Å². The molecule has 1 N–H and O–H groups in total. The predicted molar refractivity (Wildman–Crippen MR) is 32.6 cm³/mol. The molecule has 6 heavy (non-hydrogen) atoms. The van der Waals surface area contributed by atoms with Crippen molar-refractivity contribution in [3.8, 4) is 0 Å². The van der Waals surface area contributed by atoms with Crippen LogP contribution in [0.15, 0.2) is 11.5 Å². The Hall–Kier alpha value is 0.530. The molecule has 0 fully saturated rings. The van der Waals surface area contributed by atoms with Gasteiger partial charge in [-0.2, -0.15) is 0 Å². The van der Waals surface area contributed by atoms with Crippen LogP contribution in [0, 0.1) is 0 Å². The second kappa shape index (κ2) is 2.00. The highest BCUT2D eigenvalue weighted by Crippen LogP contribution is 2.12. The monoisotopic (exact) mass is 165 g/mol. The van der Waals surface area contributed by atoms with Gasteiger partial charge in [-0.3, -0.25) is 0 Å². The van der Waals surface area contributed by atoms with Crippen LogP contribution in [0.4, 0.5) is 0 Å². The van der Waals surface area contributed by atoms with Crippen LogP contribution in [-0.2, 0) is 0 Å². The minimum Gasteiger partial charge on any atom is -0.243 e. The number of rotatable bonds is 0. The number of hydrogen-bond acceptors (Lipinski definition) is 2. The van der Waals surface area contributed by atoms with E-state index >= 15 is 0 Å². The van der Waals surface area contributed by atoms with Crippen molar-refractivity contribution < 1.29 is 0 Å². The Labute approximate surface area is 49.4 Å². The molecule has 1 aliphatic rings. The van der Waals surface area contributed by atoms with Gasteiger partial charge in [0.05, 0.1) is 4.95 Å². The fourth-order valence-electron chi connectivity index (χ4n) is 0.252. The van der Waals surface area contributed by atoms with Gasteiger partial charge in [-0.05, 0) is 11.5 Å². The lowest BCUT2D eigenvalue weighted by Gasteiger charge is -1.90. The van der Waals surface area contributed by atoms with E-state index in [4.69, 9.17) is 0 Å². The van der Waals surface area contributed by atoms with Crippen molar-refractivity contribution in [3.05, 3.63) is 11.5 Å². The first kappa shape index (κ1) is 4.68. The molecule has 0 aliphatic carbocycles. The molecule has 1 unspecified atom stereocenters. The highest BCUT2D eigenvalue weighted by Gasteiger charge is 1.99. The predicted octanol–water partition coefficient (Wildman–Crippen LogP) is 1.47. The van der Waals surface area contributed by atoms with Crippen molar-refractivity contribution in [2.24, 2.45) is 0 Å². The maximum Gasteiger partial charge on any atom is 0.0918 e. The van der Waals surface area contributed by atoms with Crippen LogP contribution < -0.4 is 4.72 Å². The first-order valence-electron chi connectivity index (χ1n) is 1.61. The lowest BCUT2D eigenvalue weighted by atomic mass is 10.7. The van der Waals surface area contributed by atoms with Gasteiger partial charge in [0, 0.05) is 0 Å². The smallest absolute Gasteiger partial charge is 0.0918 e. The molecule has 0 saturated heterocycles. The van der Waals surface area contributed by atoms with E-state index in [1.807, 2.05) is 11.5 Å². The summed E-state index contributed by atoms with van der Waals surface area (Å²) in [6.07, 6.45) is 2.05. The summed E-state index contributed by atoms with van der Waals surface area (Å²) in [5.41, 5.74) is 0. The lowest BCUT2D eigenvalue weighted by molar-refractivity contribution is 1.10. The molecule has 0 radical (unpaired) electrons. The highest BCUT2D eigenvalue weighted by molar-refractivity contribution is 9.09. The second-order valence-corrected chi connectivity index (χ2v) is 2.70. The van der Waals surface area contributed by atoms with E-state index in [9.17, 15) is 0 Å². The maximum absolute atomic E-state index is 3.32. The molecule has 0 bridgehead atoms. The normalized spacial score (nSPS) is 31.8. The average Bonchev–Trinajstić information content (AvgIpc) is 1.86. The van der Waals surface area contributed by atoms with Gasteiger partial charge in [0.1, 0.15) is 0 Å². The molecule has 3 heteroatoms. The fraction of sp³-hybridized carbons (Fsp3) is 0.333. The first-order chi connectivity index (χ1) is 2.89. The summed E-state index contributed by atoms with van der Waals surface area (Å²) in [7, 11) is 0. The zero-order valence-electron chi connectivity index (χ0n) is 3.02. The van der Waals surface area contributed by atoms with E-state index in [1.54, 1.807) is 11.9 Å². The molecule has 0 aromatic rings. The molecule has 0 aromatic carbocycles. The van der Waals surface area contributed by atoms with E-state index in [0.717, 1.165) is 0 Å². The Morgan fingerprint density at radius 1 is 1.83 bits per heavy atom. The standard InChI is InChI=1S/C3H4BrNS/c4-3-1-2-6-5-3/h1-3,5H. The van der Waals surface area contributed by atoms with Crippen LogP contribution in [0.2, 0.25) is 0 Å². The largest absolute Gasteiger partial charge is 0.243 e. The molecule has 0 saturated carbocycles. The van der Waals surface area contributed by atoms with Crippen LogP contribution in [0.5, 0.6) is 0 Å². The van der Waals surface area contributed by atoms with Crippen molar-refractivity contribution in [1.29, 1.82) is 0 Å². The van der Waals surface area contributed by atoms with Gasteiger partial charge < -0.3 is 0 Å². The Morgan fingerprint density at radius 2 is 2.67 bits per heavy atom. The van der Waals surface area contributed by atoms with Gasteiger partial charge in [-0.25, -0.2) is 4.72 Å². The molecule has 1 rings (SSSR count).